The topological polar surface area (TPSA) is 103 Å². The Bertz CT molecular complexity index is 1020. The van der Waals surface area contributed by atoms with Crippen LogP contribution in [0.25, 0.3) is 0 Å². The van der Waals surface area contributed by atoms with Gasteiger partial charge in [-0.25, -0.2) is 0 Å². The molecule has 44 heavy (non-hydrogen) atoms. The maximum Gasteiger partial charge on any atom is 0.143 e. The summed E-state index contributed by atoms with van der Waals surface area (Å²) in [7, 11) is 4.95. The fraction of sp³-hybridized carbons (Fsp3) is 0.471. The molecule has 0 aromatic heterocycles. The van der Waals surface area contributed by atoms with Crippen molar-refractivity contribution in [1.29, 1.82) is 0 Å². The number of hydrogen-bond acceptors (Lipinski definition) is 10. The SMILES string of the molecule is COc1ccc(C(OCCOCCOCCOCCOCCOCCO)(c2ccc(OC)cc2)c2ccc(OC)cc2)cc1. The van der Waals surface area contributed by atoms with Crippen molar-refractivity contribution >= 4 is 0 Å². The first-order valence-corrected chi connectivity index (χ1v) is 14.7. The van der Waals surface area contributed by atoms with Crippen molar-refractivity contribution in [2.24, 2.45) is 0 Å². The lowest BCUT2D eigenvalue weighted by atomic mass is 9.80. The molecule has 0 atom stereocenters. The molecule has 0 radical (unpaired) electrons. The predicted octanol–water partition coefficient (Wildman–Crippen LogP) is 4.10. The standard InChI is InChI=1S/C34H46O10/c1-36-31-10-4-28(5-11-31)34(29-6-12-32(37-2)13-7-29,30-8-14-33(38-3)15-9-30)44-27-26-43-25-24-42-23-22-41-21-20-40-19-18-39-17-16-35/h4-15,35H,16-27H2,1-3H3. The van der Waals surface area contributed by atoms with Crippen LogP contribution in [0.15, 0.2) is 72.8 Å². The first-order valence-electron chi connectivity index (χ1n) is 14.7. The quantitative estimate of drug-likeness (QED) is 0.117. The Balaban J connectivity index is 1.54. The van der Waals surface area contributed by atoms with E-state index in [2.05, 4.69) is 0 Å². The van der Waals surface area contributed by atoms with Gasteiger partial charge in [-0.3, -0.25) is 0 Å². The molecule has 10 heteroatoms. The van der Waals surface area contributed by atoms with Crippen LogP contribution < -0.4 is 14.2 Å². The Labute approximate surface area is 260 Å². The zero-order valence-electron chi connectivity index (χ0n) is 26.0. The van der Waals surface area contributed by atoms with Gasteiger partial charge >= 0.3 is 0 Å². The van der Waals surface area contributed by atoms with Gasteiger partial charge < -0.3 is 47.7 Å². The Morgan fingerprint density at radius 3 is 0.955 bits per heavy atom. The summed E-state index contributed by atoms with van der Waals surface area (Å²) in [4.78, 5) is 0. The van der Waals surface area contributed by atoms with Gasteiger partial charge in [-0.05, 0) is 53.1 Å². The fourth-order valence-corrected chi connectivity index (χ4v) is 4.53. The zero-order chi connectivity index (χ0) is 31.3. The number of aliphatic hydroxyl groups is 1. The summed E-state index contributed by atoms with van der Waals surface area (Å²) in [5.41, 5.74) is 1.89. The molecule has 10 nitrogen and oxygen atoms in total. The van der Waals surface area contributed by atoms with E-state index in [1.54, 1.807) is 21.3 Å². The molecule has 3 aromatic carbocycles. The van der Waals surface area contributed by atoms with Gasteiger partial charge in [0.05, 0.1) is 101 Å². The second kappa shape index (κ2) is 20.7. The van der Waals surface area contributed by atoms with Crippen LogP contribution in [-0.2, 0) is 34.0 Å². The number of aliphatic hydroxyl groups excluding tert-OH is 1. The fourth-order valence-electron chi connectivity index (χ4n) is 4.53. The normalized spacial score (nSPS) is 11.5. The minimum absolute atomic E-state index is 0.0163. The number of rotatable bonds is 24. The van der Waals surface area contributed by atoms with Gasteiger partial charge in [0.2, 0.25) is 0 Å². The second-order valence-electron chi connectivity index (χ2n) is 9.50. The Kier molecular flexibility index (Phi) is 16.6. The summed E-state index contributed by atoms with van der Waals surface area (Å²) in [6.07, 6.45) is 0. The summed E-state index contributed by atoms with van der Waals surface area (Å²) in [5.74, 6) is 2.28. The van der Waals surface area contributed by atoms with Crippen molar-refractivity contribution in [1.82, 2.24) is 0 Å². The lowest BCUT2D eigenvalue weighted by molar-refractivity contribution is -0.0393. The Morgan fingerprint density at radius 1 is 0.409 bits per heavy atom. The molecule has 0 saturated carbocycles. The smallest absolute Gasteiger partial charge is 0.143 e. The minimum Gasteiger partial charge on any atom is -0.497 e. The van der Waals surface area contributed by atoms with Gasteiger partial charge in [0.15, 0.2) is 0 Å². The zero-order valence-corrected chi connectivity index (χ0v) is 26.0. The highest BCUT2D eigenvalue weighted by atomic mass is 16.6. The number of methoxy groups -OCH3 is 3. The molecule has 3 rings (SSSR count). The molecule has 0 saturated heterocycles. The number of ether oxygens (including phenoxy) is 9. The van der Waals surface area contributed by atoms with Crippen LogP contribution in [0, 0.1) is 0 Å². The molecule has 0 fully saturated rings. The lowest BCUT2D eigenvalue weighted by Gasteiger charge is -2.36. The lowest BCUT2D eigenvalue weighted by Crippen LogP contribution is -2.34. The highest BCUT2D eigenvalue weighted by Crippen LogP contribution is 2.42. The maximum atomic E-state index is 8.65. The van der Waals surface area contributed by atoms with Gasteiger partial charge in [-0.2, -0.15) is 0 Å². The van der Waals surface area contributed by atoms with Crippen molar-refractivity contribution in [3.05, 3.63) is 89.5 Å². The Morgan fingerprint density at radius 2 is 0.682 bits per heavy atom. The molecule has 0 unspecified atom stereocenters. The predicted molar refractivity (Wildman–Crippen MR) is 166 cm³/mol. The van der Waals surface area contributed by atoms with Crippen LogP contribution in [0.3, 0.4) is 0 Å². The van der Waals surface area contributed by atoms with Gasteiger partial charge in [-0.1, -0.05) is 36.4 Å². The van der Waals surface area contributed by atoms with E-state index in [0.29, 0.717) is 72.7 Å². The maximum absolute atomic E-state index is 8.65. The molecule has 0 aliphatic heterocycles. The van der Waals surface area contributed by atoms with E-state index >= 15 is 0 Å². The third kappa shape index (κ3) is 11.0. The molecule has 0 aliphatic carbocycles. The average molecular weight is 615 g/mol. The molecule has 0 aliphatic rings. The summed E-state index contributed by atoms with van der Waals surface area (Å²) in [6.45, 7) is 4.77. The van der Waals surface area contributed by atoms with Crippen molar-refractivity contribution in [3.8, 4) is 17.2 Å². The largest absolute Gasteiger partial charge is 0.497 e. The van der Waals surface area contributed by atoms with Gasteiger partial charge in [0.25, 0.3) is 0 Å². The summed E-state index contributed by atoms with van der Waals surface area (Å²) >= 11 is 0. The van der Waals surface area contributed by atoms with Crippen LogP contribution in [0.5, 0.6) is 17.2 Å². The van der Waals surface area contributed by atoms with Gasteiger partial charge in [-0.15, -0.1) is 0 Å². The molecule has 0 amide bonds. The van der Waals surface area contributed by atoms with E-state index in [1.165, 1.54) is 0 Å². The van der Waals surface area contributed by atoms with E-state index in [4.69, 9.17) is 47.7 Å². The van der Waals surface area contributed by atoms with Crippen LogP contribution in [0.1, 0.15) is 16.7 Å². The molecule has 1 N–H and O–H groups in total. The summed E-state index contributed by atoms with van der Waals surface area (Å²) in [6, 6.07) is 23.7. The van der Waals surface area contributed by atoms with E-state index in [9.17, 15) is 0 Å². The highest BCUT2D eigenvalue weighted by Gasteiger charge is 2.38. The van der Waals surface area contributed by atoms with Crippen molar-refractivity contribution in [2.75, 3.05) is 101 Å². The number of hydrogen-bond donors (Lipinski definition) is 1. The number of benzene rings is 3. The van der Waals surface area contributed by atoms with Crippen molar-refractivity contribution in [2.45, 2.75) is 5.60 Å². The van der Waals surface area contributed by atoms with Crippen LogP contribution in [-0.4, -0.2) is 106 Å². The van der Waals surface area contributed by atoms with Crippen LogP contribution in [0.2, 0.25) is 0 Å². The third-order valence-electron chi connectivity index (χ3n) is 6.76. The van der Waals surface area contributed by atoms with Crippen LogP contribution >= 0.6 is 0 Å². The van der Waals surface area contributed by atoms with Crippen LogP contribution in [0.4, 0.5) is 0 Å². The second-order valence-corrected chi connectivity index (χ2v) is 9.50. The monoisotopic (exact) mass is 614 g/mol. The van der Waals surface area contributed by atoms with Crippen molar-refractivity contribution < 1.29 is 47.7 Å². The van der Waals surface area contributed by atoms with E-state index in [-0.39, 0.29) is 6.61 Å². The molecule has 0 heterocycles. The molecule has 0 bridgehead atoms. The van der Waals surface area contributed by atoms with E-state index < -0.39 is 5.60 Å². The molecule has 3 aromatic rings. The first-order chi connectivity index (χ1) is 21.7. The minimum atomic E-state index is -0.932. The molecular formula is C34H46O10. The van der Waals surface area contributed by atoms with Gasteiger partial charge in [0.1, 0.15) is 22.8 Å². The van der Waals surface area contributed by atoms with Gasteiger partial charge in [0, 0.05) is 0 Å². The average Bonchev–Trinajstić information content (AvgIpc) is 3.08. The third-order valence-corrected chi connectivity index (χ3v) is 6.76. The van der Waals surface area contributed by atoms with E-state index in [0.717, 1.165) is 33.9 Å². The van der Waals surface area contributed by atoms with E-state index in [1.807, 2.05) is 72.8 Å². The molecular weight excluding hydrogens is 568 g/mol. The molecule has 242 valence electrons. The first kappa shape index (κ1) is 35.3. The van der Waals surface area contributed by atoms with Crippen molar-refractivity contribution in [3.63, 3.8) is 0 Å². The summed E-state index contributed by atoms with van der Waals surface area (Å²) in [5, 5.41) is 8.65. The highest BCUT2D eigenvalue weighted by molar-refractivity contribution is 5.50. The molecule has 0 spiro atoms. The Hall–Kier alpha value is -3.22. The summed E-state index contributed by atoms with van der Waals surface area (Å²) < 4.78 is 50.5.